The van der Waals surface area contributed by atoms with Gasteiger partial charge in [-0.3, -0.25) is 9.59 Å². The Kier molecular flexibility index (Phi) is 5.73. The van der Waals surface area contributed by atoms with Gasteiger partial charge in [-0.05, 0) is 12.8 Å². The minimum atomic E-state index is -0.865. The third-order valence-corrected chi connectivity index (χ3v) is 3.21. The Balaban J connectivity index is 2.51. The van der Waals surface area contributed by atoms with E-state index in [2.05, 4.69) is 6.58 Å². The molecular weight excluding hydrogens is 218 g/mol. The Morgan fingerprint density at radius 3 is 2.47 bits per heavy atom. The molecule has 4 heteroatoms. The van der Waals surface area contributed by atoms with Gasteiger partial charge < -0.3 is 10.0 Å². The predicted octanol–water partition coefficient (Wildman–Crippen LogP) is 2.06. The summed E-state index contributed by atoms with van der Waals surface area (Å²) in [6, 6.07) is 0. The SMILES string of the molecule is C=CCN(CCC(=O)O)C(=O)C1CCCCC1. The molecule has 1 saturated carbocycles. The Bertz CT molecular complexity index is 282. The minimum Gasteiger partial charge on any atom is -0.481 e. The monoisotopic (exact) mass is 239 g/mol. The summed E-state index contributed by atoms with van der Waals surface area (Å²) in [5.41, 5.74) is 0. The third-order valence-electron chi connectivity index (χ3n) is 3.21. The number of carbonyl (C=O) groups is 2. The van der Waals surface area contributed by atoms with Crippen molar-refractivity contribution in [2.45, 2.75) is 38.5 Å². The normalized spacial score (nSPS) is 16.5. The van der Waals surface area contributed by atoms with Crippen LogP contribution in [0.5, 0.6) is 0 Å². The lowest BCUT2D eigenvalue weighted by Crippen LogP contribution is -2.38. The number of aliphatic carboxylic acids is 1. The van der Waals surface area contributed by atoms with Crippen LogP contribution in [-0.4, -0.2) is 35.0 Å². The maximum absolute atomic E-state index is 12.2. The lowest BCUT2D eigenvalue weighted by Gasteiger charge is -2.28. The van der Waals surface area contributed by atoms with Crippen LogP contribution < -0.4 is 0 Å². The highest BCUT2D eigenvalue weighted by Gasteiger charge is 2.25. The smallest absolute Gasteiger partial charge is 0.305 e. The Morgan fingerprint density at radius 1 is 1.29 bits per heavy atom. The maximum atomic E-state index is 12.2. The summed E-state index contributed by atoms with van der Waals surface area (Å²) in [6.45, 7) is 4.35. The third kappa shape index (κ3) is 4.59. The van der Waals surface area contributed by atoms with Crippen LogP contribution in [0.1, 0.15) is 38.5 Å². The van der Waals surface area contributed by atoms with E-state index < -0.39 is 5.97 Å². The van der Waals surface area contributed by atoms with Crippen molar-refractivity contribution >= 4 is 11.9 Å². The molecule has 0 unspecified atom stereocenters. The van der Waals surface area contributed by atoms with Crippen LogP contribution in [0.4, 0.5) is 0 Å². The van der Waals surface area contributed by atoms with Gasteiger partial charge in [0.25, 0.3) is 0 Å². The van der Waals surface area contributed by atoms with Crippen LogP contribution >= 0.6 is 0 Å². The molecule has 1 aliphatic carbocycles. The van der Waals surface area contributed by atoms with Crippen molar-refractivity contribution in [3.63, 3.8) is 0 Å². The zero-order valence-corrected chi connectivity index (χ0v) is 10.2. The molecule has 0 aliphatic heterocycles. The Morgan fingerprint density at radius 2 is 1.94 bits per heavy atom. The molecule has 1 fully saturated rings. The summed E-state index contributed by atoms with van der Waals surface area (Å²) in [4.78, 5) is 24.4. The maximum Gasteiger partial charge on any atom is 0.305 e. The van der Waals surface area contributed by atoms with Crippen molar-refractivity contribution < 1.29 is 14.7 Å². The molecule has 0 saturated heterocycles. The van der Waals surface area contributed by atoms with E-state index in [4.69, 9.17) is 5.11 Å². The molecule has 1 N–H and O–H groups in total. The molecule has 0 aromatic carbocycles. The molecule has 17 heavy (non-hydrogen) atoms. The number of carbonyl (C=O) groups excluding carboxylic acids is 1. The van der Waals surface area contributed by atoms with Gasteiger partial charge in [0.2, 0.25) is 5.91 Å². The first kappa shape index (κ1) is 13.7. The van der Waals surface area contributed by atoms with E-state index in [0.717, 1.165) is 25.7 Å². The fourth-order valence-corrected chi connectivity index (χ4v) is 2.29. The first-order chi connectivity index (χ1) is 8.15. The fraction of sp³-hybridized carbons (Fsp3) is 0.692. The van der Waals surface area contributed by atoms with Crippen LogP contribution in [-0.2, 0) is 9.59 Å². The van der Waals surface area contributed by atoms with E-state index in [0.29, 0.717) is 6.54 Å². The van der Waals surface area contributed by atoms with Crippen LogP contribution in [0.25, 0.3) is 0 Å². The van der Waals surface area contributed by atoms with Crippen LogP contribution in [0, 0.1) is 5.92 Å². The molecule has 0 aromatic heterocycles. The number of amides is 1. The van der Waals surface area contributed by atoms with Crippen LogP contribution in [0.3, 0.4) is 0 Å². The summed E-state index contributed by atoms with van der Waals surface area (Å²) in [5.74, 6) is -0.668. The minimum absolute atomic E-state index is 0.00625. The van der Waals surface area contributed by atoms with Crippen molar-refractivity contribution in [1.82, 2.24) is 4.90 Å². The zero-order valence-electron chi connectivity index (χ0n) is 10.2. The van der Waals surface area contributed by atoms with Gasteiger partial charge in [0, 0.05) is 19.0 Å². The molecule has 1 rings (SSSR count). The van der Waals surface area contributed by atoms with Crippen molar-refractivity contribution in [3.8, 4) is 0 Å². The number of rotatable bonds is 6. The highest BCUT2D eigenvalue weighted by molar-refractivity contribution is 5.79. The molecule has 0 atom stereocenters. The molecule has 0 bridgehead atoms. The summed E-state index contributed by atoms with van der Waals surface area (Å²) in [5, 5.41) is 8.66. The van der Waals surface area contributed by atoms with E-state index in [1.807, 2.05) is 0 Å². The summed E-state index contributed by atoms with van der Waals surface area (Å²) >= 11 is 0. The van der Waals surface area contributed by atoms with E-state index in [-0.39, 0.29) is 24.8 Å². The average molecular weight is 239 g/mol. The number of hydrogen-bond donors (Lipinski definition) is 1. The van der Waals surface area contributed by atoms with E-state index >= 15 is 0 Å². The Hall–Kier alpha value is -1.32. The average Bonchev–Trinajstić information content (AvgIpc) is 2.34. The van der Waals surface area contributed by atoms with Crippen molar-refractivity contribution in [3.05, 3.63) is 12.7 Å². The van der Waals surface area contributed by atoms with Crippen molar-refractivity contribution in [2.75, 3.05) is 13.1 Å². The van der Waals surface area contributed by atoms with Gasteiger partial charge in [0.1, 0.15) is 0 Å². The Labute approximate surface area is 102 Å². The first-order valence-corrected chi connectivity index (χ1v) is 6.26. The molecular formula is C13H21NO3. The second-order valence-electron chi connectivity index (χ2n) is 4.55. The summed E-state index contributed by atoms with van der Waals surface area (Å²) in [7, 11) is 0. The molecule has 96 valence electrons. The van der Waals surface area contributed by atoms with E-state index in [1.54, 1.807) is 11.0 Å². The van der Waals surface area contributed by atoms with Crippen LogP contribution in [0.2, 0.25) is 0 Å². The van der Waals surface area contributed by atoms with E-state index in [1.165, 1.54) is 6.42 Å². The molecule has 0 aromatic rings. The van der Waals surface area contributed by atoms with Gasteiger partial charge in [-0.15, -0.1) is 6.58 Å². The summed E-state index contributed by atoms with van der Waals surface area (Å²) < 4.78 is 0. The second kappa shape index (κ2) is 7.09. The number of nitrogens with zero attached hydrogens (tertiary/aromatic N) is 1. The molecule has 1 aliphatic rings. The van der Waals surface area contributed by atoms with E-state index in [9.17, 15) is 9.59 Å². The highest BCUT2D eigenvalue weighted by atomic mass is 16.4. The molecule has 4 nitrogen and oxygen atoms in total. The van der Waals surface area contributed by atoms with Crippen molar-refractivity contribution in [2.24, 2.45) is 5.92 Å². The lowest BCUT2D eigenvalue weighted by atomic mass is 9.88. The number of hydrogen-bond acceptors (Lipinski definition) is 2. The van der Waals surface area contributed by atoms with Gasteiger partial charge in [-0.25, -0.2) is 0 Å². The first-order valence-electron chi connectivity index (χ1n) is 6.26. The van der Waals surface area contributed by atoms with Gasteiger partial charge >= 0.3 is 5.97 Å². The van der Waals surface area contributed by atoms with Gasteiger partial charge in [-0.1, -0.05) is 25.3 Å². The fourth-order valence-electron chi connectivity index (χ4n) is 2.29. The molecule has 0 heterocycles. The standard InChI is InChI=1S/C13H21NO3/c1-2-9-14(10-8-12(15)16)13(17)11-6-4-3-5-7-11/h2,11H,1,3-10H2,(H,15,16). The van der Waals surface area contributed by atoms with Gasteiger partial charge in [0.15, 0.2) is 0 Å². The molecule has 0 radical (unpaired) electrons. The number of carboxylic acids is 1. The predicted molar refractivity (Wildman–Crippen MR) is 65.6 cm³/mol. The quantitative estimate of drug-likeness (QED) is 0.722. The molecule has 0 spiro atoms. The van der Waals surface area contributed by atoms with Gasteiger partial charge in [0.05, 0.1) is 6.42 Å². The molecule has 1 amide bonds. The summed E-state index contributed by atoms with van der Waals surface area (Å²) in [6.07, 6.45) is 6.98. The topological polar surface area (TPSA) is 57.6 Å². The zero-order chi connectivity index (χ0) is 12.7. The number of carboxylic acid groups (broad SMARTS) is 1. The lowest BCUT2D eigenvalue weighted by molar-refractivity contribution is -0.139. The highest BCUT2D eigenvalue weighted by Crippen LogP contribution is 2.25. The van der Waals surface area contributed by atoms with Crippen molar-refractivity contribution in [1.29, 1.82) is 0 Å². The van der Waals surface area contributed by atoms with Crippen LogP contribution in [0.15, 0.2) is 12.7 Å². The van der Waals surface area contributed by atoms with Gasteiger partial charge in [-0.2, -0.15) is 0 Å². The largest absolute Gasteiger partial charge is 0.481 e. The second-order valence-corrected chi connectivity index (χ2v) is 4.55.